The summed E-state index contributed by atoms with van der Waals surface area (Å²) in [6.07, 6.45) is 1.92. The third-order valence-electron chi connectivity index (χ3n) is 6.00. The average molecular weight is 479 g/mol. The fourth-order valence-corrected chi connectivity index (χ4v) is 4.10. The molecule has 1 heterocycles. The number of nitrogens with zero attached hydrogens (tertiary/aromatic N) is 1. The van der Waals surface area contributed by atoms with Crippen molar-refractivity contribution in [2.75, 3.05) is 19.7 Å². The summed E-state index contributed by atoms with van der Waals surface area (Å²) in [6, 6.07) is 17.3. The number of nitrogens with one attached hydrogen (secondary N) is 1. The Hall–Kier alpha value is -3.61. The van der Waals surface area contributed by atoms with Crippen molar-refractivity contribution in [3.8, 4) is 5.75 Å². The van der Waals surface area contributed by atoms with Crippen LogP contribution >= 0.6 is 0 Å². The van der Waals surface area contributed by atoms with E-state index in [1.165, 1.54) is 4.90 Å². The Kier molecular flexibility index (Phi) is 9.47. The van der Waals surface area contributed by atoms with Crippen LogP contribution in [0.25, 0.3) is 0 Å². The summed E-state index contributed by atoms with van der Waals surface area (Å²) in [6.45, 7) is 6.61. The molecule has 1 atom stereocenters. The molecule has 0 fully saturated rings. The van der Waals surface area contributed by atoms with Crippen molar-refractivity contribution in [3.63, 3.8) is 0 Å². The van der Waals surface area contributed by atoms with Crippen LogP contribution in [0.5, 0.6) is 5.75 Å². The maximum Gasteiger partial charge on any atom is 0.336 e. The minimum Gasteiger partial charge on any atom is -0.489 e. The first-order valence-electron chi connectivity index (χ1n) is 12.2. The van der Waals surface area contributed by atoms with Gasteiger partial charge in [-0.3, -0.25) is 9.59 Å². The molecule has 7 nitrogen and oxygen atoms in total. The second kappa shape index (κ2) is 12.7. The number of ether oxygens (including phenoxy) is 2. The van der Waals surface area contributed by atoms with Crippen molar-refractivity contribution in [3.05, 3.63) is 77.0 Å². The lowest BCUT2D eigenvalue weighted by Crippen LogP contribution is -2.44. The Balaban J connectivity index is 1.79. The molecule has 1 N–H and O–H groups in total. The van der Waals surface area contributed by atoms with Gasteiger partial charge in [-0.25, -0.2) is 4.79 Å². The van der Waals surface area contributed by atoms with Gasteiger partial charge < -0.3 is 19.7 Å². The number of rotatable bonds is 11. The zero-order valence-corrected chi connectivity index (χ0v) is 20.7. The van der Waals surface area contributed by atoms with Crippen molar-refractivity contribution in [1.29, 1.82) is 0 Å². The van der Waals surface area contributed by atoms with E-state index in [1.807, 2.05) is 61.5 Å². The third kappa shape index (κ3) is 6.94. The molecular formula is C28H34N2O5. The van der Waals surface area contributed by atoms with Gasteiger partial charge in [0.25, 0.3) is 0 Å². The van der Waals surface area contributed by atoms with Crippen LogP contribution in [0, 0.1) is 0 Å². The first kappa shape index (κ1) is 26.0. The predicted octanol–water partition coefficient (Wildman–Crippen LogP) is 4.33. The highest BCUT2D eigenvalue weighted by molar-refractivity contribution is 5.97. The number of hydrogen-bond acceptors (Lipinski definition) is 5. The van der Waals surface area contributed by atoms with E-state index in [4.69, 9.17) is 9.47 Å². The zero-order valence-electron chi connectivity index (χ0n) is 20.7. The third-order valence-corrected chi connectivity index (χ3v) is 6.00. The first-order chi connectivity index (χ1) is 16.9. The van der Waals surface area contributed by atoms with E-state index in [9.17, 15) is 14.4 Å². The van der Waals surface area contributed by atoms with Gasteiger partial charge in [-0.15, -0.1) is 0 Å². The molecule has 0 saturated heterocycles. The summed E-state index contributed by atoms with van der Waals surface area (Å²) in [4.78, 5) is 39.7. The lowest BCUT2D eigenvalue weighted by Gasteiger charge is -2.34. The fourth-order valence-electron chi connectivity index (χ4n) is 4.10. The number of allylic oxidation sites excluding steroid dienone is 1. The summed E-state index contributed by atoms with van der Waals surface area (Å²) in [5.74, 6) is -0.667. The number of carbonyl (C=O) groups excluding carboxylic acids is 3. The van der Waals surface area contributed by atoms with E-state index in [0.717, 1.165) is 24.0 Å². The van der Waals surface area contributed by atoms with Gasteiger partial charge in [0.05, 0.1) is 12.2 Å². The molecule has 0 aromatic heterocycles. The molecule has 0 spiro atoms. The normalized spacial score (nSPS) is 15.7. The Morgan fingerprint density at radius 1 is 1.06 bits per heavy atom. The second-order valence-electron chi connectivity index (χ2n) is 8.50. The lowest BCUT2D eigenvalue weighted by atomic mass is 9.83. The van der Waals surface area contributed by atoms with Crippen molar-refractivity contribution < 1.29 is 23.9 Å². The fraction of sp³-hybridized carbons (Fsp3) is 0.393. The smallest absolute Gasteiger partial charge is 0.336 e. The summed E-state index contributed by atoms with van der Waals surface area (Å²) < 4.78 is 11.2. The van der Waals surface area contributed by atoms with Gasteiger partial charge in [0.1, 0.15) is 18.9 Å². The molecule has 7 heteroatoms. The monoisotopic (exact) mass is 478 g/mol. The summed E-state index contributed by atoms with van der Waals surface area (Å²) >= 11 is 0. The van der Waals surface area contributed by atoms with Crippen molar-refractivity contribution in [2.45, 2.75) is 52.6 Å². The predicted molar refractivity (Wildman–Crippen MR) is 134 cm³/mol. The number of unbranched alkanes of at least 4 members (excludes halogenated alkanes) is 1. The molecule has 2 aromatic rings. The molecule has 2 amide bonds. The Morgan fingerprint density at radius 2 is 1.77 bits per heavy atom. The van der Waals surface area contributed by atoms with Gasteiger partial charge in [-0.1, -0.05) is 55.8 Å². The molecule has 35 heavy (non-hydrogen) atoms. The Bertz CT molecular complexity index is 1050. The average Bonchev–Trinajstić information content (AvgIpc) is 2.86. The molecule has 1 aliphatic rings. The largest absolute Gasteiger partial charge is 0.489 e. The molecule has 2 aromatic carbocycles. The van der Waals surface area contributed by atoms with Crippen LogP contribution in [-0.4, -0.2) is 42.4 Å². The van der Waals surface area contributed by atoms with Crippen LogP contribution in [0.3, 0.4) is 0 Å². The van der Waals surface area contributed by atoms with Crippen LogP contribution in [0.15, 0.2) is 65.9 Å². The van der Waals surface area contributed by atoms with Crippen molar-refractivity contribution in [1.82, 2.24) is 10.2 Å². The first-order valence-corrected chi connectivity index (χ1v) is 12.2. The number of benzene rings is 2. The van der Waals surface area contributed by atoms with Crippen LogP contribution in [0.2, 0.25) is 0 Å². The van der Waals surface area contributed by atoms with Crippen LogP contribution in [0.4, 0.5) is 0 Å². The van der Waals surface area contributed by atoms with Gasteiger partial charge in [0.2, 0.25) is 11.8 Å². The van der Waals surface area contributed by atoms with Crippen molar-refractivity contribution in [2.24, 2.45) is 0 Å². The molecule has 0 radical (unpaired) electrons. The van der Waals surface area contributed by atoms with Crippen molar-refractivity contribution >= 4 is 17.8 Å². The Morgan fingerprint density at radius 3 is 2.43 bits per heavy atom. The second-order valence-corrected chi connectivity index (χ2v) is 8.50. The molecule has 0 bridgehead atoms. The summed E-state index contributed by atoms with van der Waals surface area (Å²) in [7, 11) is 0. The van der Waals surface area contributed by atoms with E-state index >= 15 is 0 Å². The SMILES string of the molecule is CCCCNC(=O)CN1C(=O)CC(c2ccc(OCc3ccccc3)cc2)C(C(=O)OCC)=C1C. The number of carbonyl (C=O) groups is 3. The van der Waals surface area contributed by atoms with Gasteiger partial charge in [0, 0.05) is 24.6 Å². The number of hydrogen-bond donors (Lipinski definition) is 1. The summed E-state index contributed by atoms with van der Waals surface area (Å²) in [5.41, 5.74) is 2.75. The highest BCUT2D eigenvalue weighted by Crippen LogP contribution is 2.37. The lowest BCUT2D eigenvalue weighted by molar-refractivity contribution is -0.141. The topological polar surface area (TPSA) is 84.9 Å². The maximum absolute atomic E-state index is 13.0. The maximum atomic E-state index is 13.0. The summed E-state index contributed by atoms with van der Waals surface area (Å²) in [5, 5.41) is 2.83. The molecule has 1 unspecified atom stereocenters. The quantitative estimate of drug-likeness (QED) is 0.384. The Labute approximate surface area is 207 Å². The standard InChI is InChI=1S/C28H34N2O5/c1-4-6-16-29-25(31)18-30-20(3)27(28(33)34-5-2)24(17-26(30)32)22-12-14-23(15-13-22)35-19-21-10-8-7-9-11-21/h7-15,24H,4-6,16-19H2,1-3H3,(H,29,31). The van der Waals surface area contributed by atoms with Gasteiger partial charge in [0.15, 0.2) is 0 Å². The van der Waals surface area contributed by atoms with Gasteiger partial charge >= 0.3 is 5.97 Å². The van der Waals surface area contributed by atoms with E-state index < -0.39 is 11.9 Å². The van der Waals surface area contributed by atoms with E-state index in [1.54, 1.807) is 13.8 Å². The van der Waals surface area contributed by atoms with E-state index in [0.29, 0.717) is 30.2 Å². The van der Waals surface area contributed by atoms with Gasteiger partial charge in [-0.2, -0.15) is 0 Å². The number of amides is 2. The van der Waals surface area contributed by atoms with Crippen LogP contribution in [-0.2, 0) is 25.7 Å². The molecule has 0 saturated carbocycles. The highest BCUT2D eigenvalue weighted by Gasteiger charge is 2.37. The minimum atomic E-state index is -0.469. The minimum absolute atomic E-state index is 0.0813. The molecular weight excluding hydrogens is 444 g/mol. The van der Waals surface area contributed by atoms with Crippen LogP contribution in [0.1, 0.15) is 57.1 Å². The zero-order chi connectivity index (χ0) is 25.2. The molecule has 3 rings (SSSR count). The van der Waals surface area contributed by atoms with E-state index in [-0.39, 0.29) is 31.4 Å². The van der Waals surface area contributed by atoms with Gasteiger partial charge in [-0.05, 0) is 43.5 Å². The molecule has 1 aliphatic heterocycles. The van der Waals surface area contributed by atoms with Crippen LogP contribution < -0.4 is 10.1 Å². The number of esters is 1. The molecule has 0 aliphatic carbocycles. The molecule has 186 valence electrons. The highest BCUT2D eigenvalue weighted by atomic mass is 16.5. The van der Waals surface area contributed by atoms with E-state index in [2.05, 4.69) is 5.32 Å².